The molecule has 0 bridgehead atoms. The van der Waals surface area contributed by atoms with Gasteiger partial charge >= 0.3 is 0 Å². The van der Waals surface area contributed by atoms with E-state index in [1.54, 1.807) is 6.33 Å². The van der Waals surface area contributed by atoms with Crippen LogP contribution in [0, 0.1) is 5.41 Å². The fraction of sp³-hybridized carbons (Fsp3) is 0.750. The van der Waals surface area contributed by atoms with Crippen LogP contribution in [-0.4, -0.2) is 22.4 Å². The summed E-state index contributed by atoms with van der Waals surface area (Å²) >= 11 is 6.19. The van der Waals surface area contributed by atoms with E-state index in [0.29, 0.717) is 5.88 Å². The Hall–Kier alpha value is -0.830. The highest BCUT2D eigenvalue weighted by molar-refractivity contribution is 6.18. The monoisotopic (exact) mass is 295 g/mol. The van der Waals surface area contributed by atoms with Gasteiger partial charge in [-0.15, -0.1) is 11.6 Å². The summed E-state index contributed by atoms with van der Waals surface area (Å²) in [6.45, 7) is 5.33. The molecule has 4 heteroatoms. The van der Waals surface area contributed by atoms with E-state index in [4.69, 9.17) is 11.6 Å². The maximum absolute atomic E-state index is 6.19. The number of nitrogens with one attached hydrogen (secondary N) is 1. The molecular weight excluding hydrogens is 270 g/mol. The van der Waals surface area contributed by atoms with Gasteiger partial charge in [-0.3, -0.25) is 0 Å². The summed E-state index contributed by atoms with van der Waals surface area (Å²) in [6, 6.07) is 0. The second kappa shape index (κ2) is 7.26. The number of hydrogen-bond donors (Lipinski definition) is 1. The van der Waals surface area contributed by atoms with Crippen LogP contribution in [0.5, 0.6) is 0 Å². The second-order valence-corrected chi connectivity index (χ2v) is 6.17. The van der Waals surface area contributed by atoms with E-state index in [-0.39, 0.29) is 5.41 Å². The Kier molecular flexibility index (Phi) is 5.64. The van der Waals surface area contributed by atoms with Crippen LogP contribution in [-0.2, 0) is 12.8 Å². The predicted octanol–water partition coefficient (Wildman–Crippen LogP) is 4.20. The van der Waals surface area contributed by atoms with Gasteiger partial charge in [-0.25, -0.2) is 9.97 Å². The summed E-state index contributed by atoms with van der Waals surface area (Å²) in [7, 11) is 0. The minimum absolute atomic E-state index is 0.171. The van der Waals surface area contributed by atoms with Crippen LogP contribution in [0.15, 0.2) is 6.33 Å². The molecule has 0 radical (unpaired) electrons. The van der Waals surface area contributed by atoms with E-state index >= 15 is 0 Å². The summed E-state index contributed by atoms with van der Waals surface area (Å²) in [5.74, 6) is 1.73. The molecule has 0 spiro atoms. The molecule has 0 saturated heterocycles. The molecule has 0 aliphatic heterocycles. The quantitative estimate of drug-likeness (QED) is 0.631. The third kappa shape index (κ3) is 3.43. The summed E-state index contributed by atoms with van der Waals surface area (Å²) in [6.07, 6.45) is 9.87. The maximum Gasteiger partial charge on any atom is 0.132 e. The van der Waals surface area contributed by atoms with Crippen molar-refractivity contribution in [3.05, 3.63) is 17.6 Å². The standard InChI is InChI=1S/C16H26ClN3/c1-3-16(4-2,10-17)11-18-15-13-8-6-5-7-9-14(13)19-12-20-15/h12H,3-11H2,1-2H3,(H,18,19,20). The molecule has 0 aromatic carbocycles. The van der Waals surface area contributed by atoms with Crippen molar-refractivity contribution in [2.75, 3.05) is 17.7 Å². The van der Waals surface area contributed by atoms with Crippen molar-refractivity contribution < 1.29 is 0 Å². The van der Waals surface area contributed by atoms with Gasteiger partial charge in [0.15, 0.2) is 0 Å². The lowest BCUT2D eigenvalue weighted by atomic mass is 9.84. The first-order valence-electron chi connectivity index (χ1n) is 7.87. The van der Waals surface area contributed by atoms with E-state index in [9.17, 15) is 0 Å². The van der Waals surface area contributed by atoms with Gasteiger partial charge < -0.3 is 5.32 Å². The minimum atomic E-state index is 0.171. The zero-order chi connectivity index (χ0) is 14.4. The van der Waals surface area contributed by atoms with Crippen LogP contribution in [0.25, 0.3) is 0 Å². The molecule has 1 aliphatic rings. The Morgan fingerprint density at radius 1 is 1.15 bits per heavy atom. The number of alkyl halides is 1. The molecule has 0 amide bonds. The summed E-state index contributed by atoms with van der Waals surface area (Å²) in [5.41, 5.74) is 2.74. The van der Waals surface area contributed by atoms with Crippen LogP contribution in [0.2, 0.25) is 0 Å². The van der Waals surface area contributed by atoms with Gasteiger partial charge in [-0.2, -0.15) is 0 Å². The van der Waals surface area contributed by atoms with Gasteiger partial charge in [-0.05, 0) is 38.5 Å². The van der Waals surface area contributed by atoms with Gasteiger partial charge in [0.1, 0.15) is 12.1 Å². The Bertz CT molecular complexity index is 421. The topological polar surface area (TPSA) is 37.8 Å². The van der Waals surface area contributed by atoms with E-state index in [1.807, 2.05) is 0 Å². The number of anilines is 1. The lowest BCUT2D eigenvalue weighted by Crippen LogP contribution is -2.31. The van der Waals surface area contributed by atoms with Crippen LogP contribution in [0.3, 0.4) is 0 Å². The first-order valence-corrected chi connectivity index (χ1v) is 8.40. The van der Waals surface area contributed by atoms with E-state index in [1.165, 1.54) is 30.5 Å². The molecule has 1 aliphatic carbocycles. The molecule has 1 heterocycles. The molecule has 0 unspecified atom stereocenters. The Morgan fingerprint density at radius 3 is 2.60 bits per heavy atom. The molecule has 2 rings (SSSR count). The molecule has 1 aromatic rings. The average Bonchev–Trinajstić information content (AvgIpc) is 2.75. The number of fused-ring (bicyclic) bond motifs is 1. The van der Waals surface area contributed by atoms with Crippen molar-refractivity contribution in [1.29, 1.82) is 0 Å². The Balaban J connectivity index is 2.13. The molecule has 0 saturated carbocycles. The molecular formula is C16H26ClN3. The lowest BCUT2D eigenvalue weighted by molar-refractivity contribution is 0.326. The van der Waals surface area contributed by atoms with Crippen molar-refractivity contribution >= 4 is 17.4 Å². The SMILES string of the molecule is CCC(CC)(CCl)CNc1ncnc2c1CCCCC2. The molecule has 1 aromatic heterocycles. The van der Waals surface area contributed by atoms with Crippen molar-refractivity contribution in [2.24, 2.45) is 5.41 Å². The van der Waals surface area contributed by atoms with Gasteiger partial charge in [0.2, 0.25) is 0 Å². The first-order chi connectivity index (χ1) is 9.74. The summed E-state index contributed by atoms with van der Waals surface area (Å²) in [5, 5.41) is 3.56. The Morgan fingerprint density at radius 2 is 1.90 bits per heavy atom. The fourth-order valence-electron chi connectivity index (χ4n) is 2.86. The number of hydrogen-bond acceptors (Lipinski definition) is 3. The van der Waals surface area contributed by atoms with Crippen LogP contribution < -0.4 is 5.32 Å². The van der Waals surface area contributed by atoms with Crippen molar-refractivity contribution in [1.82, 2.24) is 9.97 Å². The molecule has 112 valence electrons. The molecule has 3 nitrogen and oxygen atoms in total. The minimum Gasteiger partial charge on any atom is -0.369 e. The highest BCUT2D eigenvalue weighted by atomic mass is 35.5. The predicted molar refractivity (Wildman–Crippen MR) is 85.5 cm³/mol. The maximum atomic E-state index is 6.19. The second-order valence-electron chi connectivity index (χ2n) is 5.90. The van der Waals surface area contributed by atoms with Gasteiger partial charge in [-0.1, -0.05) is 20.3 Å². The number of halogens is 1. The largest absolute Gasteiger partial charge is 0.369 e. The highest BCUT2D eigenvalue weighted by Crippen LogP contribution is 2.30. The third-order valence-corrected chi connectivity index (χ3v) is 5.36. The number of aryl methyl sites for hydroxylation is 1. The van der Waals surface area contributed by atoms with Gasteiger partial charge in [0.25, 0.3) is 0 Å². The summed E-state index contributed by atoms with van der Waals surface area (Å²) in [4.78, 5) is 8.94. The van der Waals surface area contributed by atoms with Crippen molar-refractivity contribution in [3.8, 4) is 0 Å². The third-order valence-electron chi connectivity index (χ3n) is 4.79. The molecule has 1 N–H and O–H groups in total. The summed E-state index contributed by atoms with van der Waals surface area (Å²) < 4.78 is 0. The smallest absolute Gasteiger partial charge is 0.132 e. The Labute approximate surface area is 127 Å². The number of aromatic nitrogens is 2. The van der Waals surface area contributed by atoms with Crippen molar-refractivity contribution in [3.63, 3.8) is 0 Å². The van der Waals surface area contributed by atoms with Crippen molar-refractivity contribution in [2.45, 2.75) is 58.8 Å². The van der Waals surface area contributed by atoms with Gasteiger partial charge in [0, 0.05) is 29.1 Å². The van der Waals surface area contributed by atoms with Gasteiger partial charge in [0.05, 0.1) is 0 Å². The zero-order valence-electron chi connectivity index (χ0n) is 12.7. The van der Waals surface area contributed by atoms with Crippen LogP contribution in [0.1, 0.15) is 57.2 Å². The number of nitrogens with zero attached hydrogens (tertiary/aromatic N) is 2. The molecule has 0 atom stereocenters. The lowest BCUT2D eigenvalue weighted by Gasteiger charge is -2.30. The normalized spacial score (nSPS) is 15.6. The molecule has 0 fully saturated rings. The molecule has 20 heavy (non-hydrogen) atoms. The van der Waals surface area contributed by atoms with E-state index in [0.717, 1.165) is 38.0 Å². The van der Waals surface area contributed by atoms with Crippen LogP contribution in [0.4, 0.5) is 5.82 Å². The van der Waals surface area contributed by atoms with E-state index < -0.39 is 0 Å². The average molecular weight is 296 g/mol. The van der Waals surface area contributed by atoms with Crippen LogP contribution >= 0.6 is 11.6 Å². The highest BCUT2D eigenvalue weighted by Gasteiger charge is 2.25. The first kappa shape index (κ1) is 15.6. The van der Waals surface area contributed by atoms with E-state index in [2.05, 4.69) is 29.1 Å². The fourth-order valence-corrected chi connectivity index (χ4v) is 3.33. The zero-order valence-corrected chi connectivity index (χ0v) is 13.5. The number of rotatable bonds is 6.